The second kappa shape index (κ2) is 4.49. The Kier molecular flexibility index (Phi) is 3.06. The lowest BCUT2D eigenvalue weighted by atomic mass is 10.00. The summed E-state index contributed by atoms with van der Waals surface area (Å²) in [6.07, 6.45) is -3.66. The first-order chi connectivity index (χ1) is 9.05. The first kappa shape index (κ1) is 12.9. The van der Waals surface area contributed by atoms with Crippen molar-refractivity contribution in [2.24, 2.45) is 0 Å². The topological polar surface area (TPSA) is 15.3 Å². The summed E-state index contributed by atoms with van der Waals surface area (Å²) in [4.78, 5) is 1.67. The first-order valence-electron chi connectivity index (χ1n) is 6.64. The molecule has 0 spiro atoms. The van der Waals surface area contributed by atoms with Crippen molar-refractivity contribution in [3.8, 4) is 0 Å². The Hall–Kier alpha value is -1.07. The molecule has 3 rings (SSSR count). The van der Waals surface area contributed by atoms with Crippen LogP contribution in [0.2, 0.25) is 0 Å². The van der Waals surface area contributed by atoms with Gasteiger partial charge in [-0.1, -0.05) is 30.3 Å². The second-order valence-electron chi connectivity index (χ2n) is 5.35. The number of nitrogens with zero attached hydrogens (tertiary/aromatic N) is 1. The average molecular weight is 270 g/mol. The van der Waals surface area contributed by atoms with Crippen LogP contribution in [0.4, 0.5) is 13.2 Å². The van der Waals surface area contributed by atoms with E-state index in [1.165, 1.54) is 0 Å². The van der Waals surface area contributed by atoms with E-state index in [9.17, 15) is 13.2 Å². The van der Waals surface area contributed by atoms with E-state index in [0.29, 0.717) is 19.6 Å². The van der Waals surface area contributed by atoms with E-state index < -0.39 is 11.7 Å². The summed E-state index contributed by atoms with van der Waals surface area (Å²) >= 11 is 0. The maximum absolute atomic E-state index is 13.3. The number of alkyl halides is 3. The molecule has 19 heavy (non-hydrogen) atoms. The standard InChI is InChI=1S/C14H17F3N2/c15-14(16,17)13(6-7-13)19-9-8-18-10-12(19)11-4-2-1-3-5-11/h1-5,12,18H,6-10H2. The predicted octanol–water partition coefficient (Wildman–Crippen LogP) is 2.73. The molecule has 1 aliphatic heterocycles. The lowest BCUT2D eigenvalue weighted by molar-refractivity contribution is -0.205. The van der Waals surface area contributed by atoms with Crippen LogP contribution in [0.5, 0.6) is 0 Å². The molecular formula is C14H17F3N2. The maximum atomic E-state index is 13.3. The van der Waals surface area contributed by atoms with E-state index >= 15 is 0 Å². The second-order valence-corrected chi connectivity index (χ2v) is 5.35. The number of hydrogen-bond donors (Lipinski definition) is 1. The van der Waals surface area contributed by atoms with E-state index in [0.717, 1.165) is 5.56 Å². The fourth-order valence-corrected chi connectivity index (χ4v) is 3.04. The van der Waals surface area contributed by atoms with Crippen LogP contribution in [-0.2, 0) is 0 Å². The molecule has 1 atom stereocenters. The molecule has 1 aliphatic carbocycles. The first-order valence-corrected chi connectivity index (χ1v) is 6.64. The zero-order chi connectivity index (χ0) is 13.5. The van der Waals surface area contributed by atoms with Gasteiger partial charge >= 0.3 is 6.18 Å². The molecule has 0 bridgehead atoms. The Morgan fingerprint density at radius 1 is 1.16 bits per heavy atom. The van der Waals surface area contributed by atoms with Crippen molar-refractivity contribution >= 4 is 0 Å². The summed E-state index contributed by atoms with van der Waals surface area (Å²) in [5.41, 5.74) is -0.611. The number of nitrogens with one attached hydrogen (secondary N) is 1. The minimum absolute atomic E-state index is 0.181. The minimum atomic E-state index is -4.13. The molecule has 2 aliphatic rings. The van der Waals surface area contributed by atoms with Crippen molar-refractivity contribution < 1.29 is 13.2 Å². The monoisotopic (exact) mass is 270 g/mol. The van der Waals surface area contributed by atoms with Crippen LogP contribution >= 0.6 is 0 Å². The largest absolute Gasteiger partial charge is 0.406 e. The van der Waals surface area contributed by atoms with Gasteiger partial charge in [-0.15, -0.1) is 0 Å². The van der Waals surface area contributed by atoms with E-state index in [-0.39, 0.29) is 18.9 Å². The van der Waals surface area contributed by atoms with Crippen molar-refractivity contribution in [2.45, 2.75) is 30.6 Å². The molecule has 2 fully saturated rings. The number of rotatable bonds is 2. The van der Waals surface area contributed by atoms with Gasteiger partial charge in [0.15, 0.2) is 0 Å². The van der Waals surface area contributed by atoms with E-state index in [4.69, 9.17) is 0 Å². The molecule has 0 amide bonds. The predicted molar refractivity (Wildman–Crippen MR) is 66.8 cm³/mol. The number of halogens is 3. The van der Waals surface area contributed by atoms with Crippen molar-refractivity contribution in [1.29, 1.82) is 0 Å². The van der Waals surface area contributed by atoms with Gasteiger partial charge in [-0.05, 0) is 18.4 Å². The summed E-state index contributed by atoms with van der Waals surface area (Å²) in [5, 5.41) is 3.21. The summed E-state index contributed by atoms with van der Waals surface area (Å²) in [6.45, 7) is 1.67. The van der Waals surface area contributed by atoms with Gasteiger partial charge in [-0.3, -0.25) is 4.90 Å². The van der Waals surface area contributed by atoms with Crippen LogP contribution in [-0.4, -0.2) is 36.2 Å². The molecule has 1 saturated heterocycles. The van der Waals surface area contributed by atoms with Crippen LogP contribution < -0.4 is 5.32 Å². The lowest BCUT2D eigenvalue weighted by Crippen LogP contribution is -2.56. The van der Waals surface area contributed by atoms with Gasteiger partial charge < -0.3 is 5.32 Å². The third-order valence-corrected chi connectivity index (χ3v) is 4.23. The average Bonchev–Trinajstić information content (AvgIpc) is 3.21. The molecule has 5 heteroatoms. The Labute approximate surface area is 110 Å². The normalized spacial score (nSPS) is 27.2. The fraction of sp³-hybridized carbons (Fsp3) is 0.571. The zero-order valence-electron chi connectivity index (χ0n) is 10.6. The Morgan fingerprint density at radius 3 is 2.42 bits per heavy atom. The van der Waals surface area contributed by atoms with Gasteiger partial charge in [0.25, 0.3) is 0 Å². The molecular weight excluding hydrogens is 253 g/mol. The quantitative estimate of drug-likeness (QED) is 0.889. The van der Waals surface area contributed by atoms with Gasteiger partial charge in [-0.25, -0.2) is 0 Å². The third kappa shape index (κ3) is 2.15. The summed E-state index contributed by atoms with van der Waals surface area (Å²) in [7, 11) is 0. The molecule has 2 nitrogen and oxygen atoms in total. The van der Waals surface area contributed by atoms with Crippen LogP contribution in [0.15, 0.2) is 30.3 Å². The Morgan fingerprint density at radius 2 is 1.84 bits per heavy atom. The van der Waals surface area contributed by atoms with Crippen molar-refractivity contribution in [3.05, 3.63) is 35.9 Å². The Balaban J connectivity index is 1.91. The van der Waals surface area contributed by atoms with E-state index in [1.807, 2.05) is 30.3 Å². The smallest absolute Gasteiger partial charge is 0.314 e. The van der Waals surface area contributed by atoms with Crippen LogP contribution in [0.25, 0.3) is 0 Å². The van der Waals surface area contributed by atoms with Crippen LogP contribution in [0, 0.1) is 0 Å². The van der Waals surface area contributed by atoms with Gasteiger partial charge in [-0.2, -0.15) is 13.2 Å². The van der Waals surface area contributed by atoms with E-state index in [1.54, 1.807) is 4.90 Å². The highest BCUT2D eigenvalue weighted by Gasteiger charge is 2.67. The molecule has 0 aromatic heterocycles. The van der Waals surface area contributed by atoms with Gasteiger partial charge in [0, 0.05) is 25.7 Å². The highest BCUT2D eigenvalue weighted by atomic mass is 19.4. The summed E-state index contributed by atoms with van der Waals surface area (Å²) < 4.78 is 39.9. The molecule has 104 valence electrons. The van der Waals surface area contributed by atoms with Gasteiger partial charge in [0.2, 0.25) is 0 Å². The summed E-state index contributed by atoms with van der Waals surface area (Å²) in [6, 6.07) is 9.30. The number of hydrogen-bond acceptors (Lipinski definition) is 2. The maximum Gasteiger partial charge on any atom is 0.406 e. The van der Waals surface area contributed by atoms with E-state index in [2.05, 4.69) is 5.32 Å². The summed E-state index contributed by atoms with van der Waals surface area (Å²) in [5.74, 6) is 0. The van der Waals surface area contributed by atoms with Crippen molar-refractivity contribution in [2.75, 3.05) is 19.6 Å². The minimum Gasteiger partial charge on any atom is -0.314 e. The fourth-order valence-electron chi connectivity index (χ4n) is 3.04. The molecule has 1 unspecified atom stereocenters. The van der Waals surface area contributed by atoms with Crippen molar-refractivity contribution in [3.63, 3.8) is 0 Å². The molecule has 0 radical (unpaired) electrons. The molecule has 1 heterocycles. The molecule has 1 N–H and O–H groups in total. The third-order valence-electron chi connectivity index (χ3n) is 4.23. The number of piperazine rings is 1. The Bertz CT molecular complexity index is 440. The van der Waals surface area contributed by atoms with Crippen molar-refractivity contribution in [1.82, 2.24) is 10.2 Å². The van der Waals surface area contributed by atoms with Crippen LogP contribution in [0.3, 0.4) is 0 Å². The highest BCUT2D eigenvalue weighted by Crippen LogP contribution is 2.56. The highest BCUT2D eigenvalue weighted by molar-refractivity contribution is 5.23. The molecule has 1 saturated carbocycles. The van der Waals surface area contributed by atoms with Gasteiger partial charge in [0.1, 0.15) is 5.54 Å². The zero-order valence-corrected chi connectivity index (χ0v) is 10.6. The van der Waals surface area contributed by atoms with Gasteiger partial charge in [0.05, 0.1) is 0 Å². The SMILES string of the molecule is FC(F)(F)C1(N2CCNCC2c2ccccc2)CC1. The molecule has 1 aromatic rings. The lowest BCUT2D eigenvalue weighted by Gasteiger charge is -2.43. The number of benzene rings is 1. The molecule has 1 aromatic carbocycles. The van der Waals surface area contributed by atoms with Crippen LogP contribution in [0.1, 0.15) is 24.4 Å².